The lowest BCUT2D eigenvalue weighted by Gasteiger charge is -2.25. The van der Waals surface area contributed by atoms with Crippen molar-refractivity contribution in [3.63, 3.8) is 0 Å². The van der Waals surface area contributed by atoms with E-state index >= 15 is 0 Å². The molecule has 3 heteroatoms. The van der Waals surface area contributed by atoms with Gasteiger partial charge in [0.05, 0.1) is 0 Å². The molecule has 0 aliphatic heterocycles. The molecule has 0 aliphatic carbocycles. The van der Waals surface area contributed by atoms with Crippen molar-refractivity contribution in [2.75, 3.05) is 0 Å². The first-order chi connectivity index (χ1) is 10.9. The van der Waals surface area contributed by atoms with E-state index < -0.39 is 6.10 Å². The van der Waals surface area contributed by atoms with Crippen molar-refractivity contribution in [1.82, 2.24) is 5.32 Å². The Bertz CT molecular complexity index is 627. The van der Waals surface area contributed by atoms with Crippen LogP contribution in [0.25, 0.3) is 11.1 Å². The minimum Gasteiger partial charge on any atom is -0.481 e. The normalized spacial score (nSPS) is 12.5. The zero-order valence-electron chi connectivity index (χ0n) is 14.3. The second-order valence-corrected chi connectivity index (χ2v) is 6.64. The lowest BCUT2D eigenvalue weighted by molar-refractivity contribution is -0.129. The molecular weight excluding hydrogens is 286 g/mol. The molecule has 122 valence electrons. The van der Waals surface area contributed by atoms with E-state index in [9.17, 15) is 4.79 Å². The molecular formula is C20H25NO2. The Kier molecular flexibility index (Phi) is 5.43. The van der Waals surface area contributed by atoms with E-state index in [0.29, 0.717) is 12.2 Å². The number of benzene rings is 2. The number of carbonyl (C=O) groups is 1. The van der Waals surface area contributed by atoms with Gasteiger partial charge in [0.15, 0.2) is 6.10 Å². The third-order valence-corrected chi connectivity index (χ3v) is 3.40. The average Bonchev–Trinajstić information content (AvgIpc) is 2.52. The van der Waals surface area contributed by atoms with Crippen LogP contribution < -0.4 is 10.1 Å². The lowest BCUT2D eigenvalue weighted by Crippen LogP contribution is -2.47. The highest BCUT2D eigenvalue weighted by atomic mass is 16.5. The van der Waals surface area contributed by atoms with E-state index in [2.05, 4.69) is 17.4 Å². The topological polar surface area (TPSA) is 38.3 Å². The molecule has 0 heterocycles. The van der Waals surface area contributed by atoms with Crippen molar-refractivity contribution in [3.8, 4) is 16.9 Å². The predicted molar refractivity (Wildman–Crippen MR) is 94.5 cm³/mol. The number of rotatable bonds is 5. The molecule has 0 aromatic heterocycles. The SMILES string of the molecule is CC[C@@H](Oc1ccc(-c2ccccc2)cc1)C(=O)NC(C)(C)C. The van der Waals surface area contributed by atoms with E-state index in [0.717, 1.165) is 11.1 Å². The Morgan fingerprint density at radius 3 is 2.09 bits per heavy atom. The number of hydrogen-bond acceptors (Lipinski definition) is 2. The Hall–Kier alpha value is -2.29. The van der Waals surface area contributed by atoms with Crippen molar-refractivity contribution < 1.29 is 9.53 Å². The standard InChI is InChI=1S/C20H25NO2/c1-5-18(19(22)21-20(2,3)4)23-17-13-11-16(12-14-17)15-9-7-6-8-10-15/h6-14,18H,5H2,1-4H3,(H,21,22)/t18-/m1/s1. The van der Waals surface area contributed by atoms with Crippen LogP contribution in [0.2, 0.25) is 0 Å². The molecule has 0 unspecified atom stereocenters. The summed E-state index contributed by atoms with van der Waals surface area (Å²) in [6.45, 7) is 7.84. The van der Waals surface area contributed by atoms with Gasteiger partial charge in [-0.05, 0) is 50.5 Å². The van der Waals surface area contributed by atoms with Crippen LogP contribution in [0.1, 0.15) is 34.1 Å². The van der Waals surface area contributed by atoms with Crippen LogP contribution in [-0.2, 0) is 4.79 Å². The zero-order valence-corrected chi connectivity index (χ0v) is 14.3. The van der Waals surface area contributed by atoms with Gasteiger partial charge in [-0.3, -0.25) is 4.79 Å². The van der Waals surface area contributed by atoms with Gasteiger partial charge in [0.1, 0.15) is 5.75 Å². The molecule has 3 nitrogen and oxygen atoms in total. The number of hydrogen-bond donors (Lipinski definition) is 1. The summed E-state index contributed by atoms with van der Waals surface area (Å²) in [6, 6.07) is 18.0. The summed E-state index contributed by atoms with van der Waals surface area (Å²) < 4.78 is 5.85. The first-order valence-corrected chi connectivity index (χ1v) is 8.03. The fraction of sp³-hybridized carbons (Fsp3) is 0.350. The minimum absolute atomic E-state index is 0.0767. The van der Waals surface area contributed by atoms with Gasteiger partial charge in [-0.1, -0.05) is 49.4 Å². The van der Waals surface area contributed by atoms with Gasteiger partial charge in [0.25, 0.3) is 5.91 Å². The van der Waals surface area contributed by atoms with Crippen LogP contribution in [0.3, 0.4) is 0 Å². The quantitative estimate of drug-likeness (QED) is 0.887. The molecule has 0 fully saturated rings. The van der Waals surface area contributed by atoms with Crippen LogP contribution in [0, 0.1) is 0 Å². The summed E-state index contributed by atoms with van der Waals surface area (Å²) in [4.78, 5) is 12.2. The molecule has 0 saturated carbocycles. The van der Waals surface area contributed by atoms with Crippen LogP contribution >= 0.6 is 0 Å². The average molecular weight is 311 g/mol. The van der Waals surface area contributed by atoms with Gasteiger partial charge in [0.2, 0.25) is 0 Å². The number of nitrogens with one attached hydrogen (secondary N) is 1. The summed E-state index contributed by atoms with van der Waals surface area (Å²) in [5.74, 6) is 0.632. The van der Waals surface area contributed by atoms with Gasteiger partial charge in [-0.15, -0.1) is 0 Å². The van der Waals surface area contributed by atoms with Crippen LogP contribution in [-0.4, -0.2) is 17.6 Å². The zero-order chi connectivity index (χ0) is 16.9. The monoisotopic (exact) mass is 311 g/mol. The molecule has 2 aromatic rings. The first-order valence-electron chi connectivity index (χ1n) is 8.03. The second-order valence-electron chi connectivity index (χ2n) is 6.64. The van der Waals surface area contributed by atoms with Gasteiger partial charge >= 0.3 is 0 Å². The van der Waals surface area contributed by atoms with E-state index in [4.69, 9.17) is 4.74 Å². The minimum atomic E-state index is -0.475. The lowest BCUT2D eigenvalue weighted by atomic mass is 10.1. The molecule has 0 saturated heterocycles. The highest BCUT2D eigenvalue weighted by Gasteiger charge is 2.22. The van der Waals surface area contributed by atoms with Gasteiger partial charge < -0.3 is 10.1 Å². The molecule has 0 radical (unpaired) electrons. The van der Waals surface area contributed by atoms with E-state index in [1.54, 1.807) is 0 Å². The van der Waals surface area contributed by atoms with E-state index in [-0.39, 0.29) is 11.4 Å². The Labute approximate surface area is 138 Å². The molecule has 23 heavy (non-hydrogen) atoms. The van der Waals surface area contributed by atoms with Crippen molar-refractivity contribution in [3.05, 3.63) is 54.6 Å². The highest BCUT2D eigenvalue weighted by molar-refractivity contribution is 5.81. The molecule has 0 aliphatic rings. The molecule has 0 bridgehead atoms. The number of carbonyl (C=O) groups excluding carboxylic acids is 1. The smallest absolute Gasteiger partial charge is 0.261 e. The Balaban J connectivity index is 2.06. The number of ether oxygens (including phenoxy) is 1. The van der Waals surface area contributed by atoms with E-state index in [1.807, 2.05) is 70.2 Å². The van der Waals surface area contributed by atoms with Crippen molar-refractivity contribution in [1.29, 1.82) is 0 Å². The molecule has 1 N–H and O–H groups in total. The van der Waals surface area contributed by atoms with Gasteiger partial charge in [-0.25, -0.2) is 0 Å². The maximum absolute atomic E-state index is 12.2. The maximum Gasteiger partial charge on any atom is 0.261 e. The summed E-state index contributed by atoms with van der Waals surface area (Å²) in [6.07, 6.45) is 0.152. The van der Waals surface area contributed by atoms with Gasteiger partial charge in [0, 0.05) is 5.54 Å². The van der Waals surface area contributed by atoms with E-state index in [1.165, 1.54) is 0 Å². The third kappa shape index (κ3) is 5.13. The summed E-state index contributed by atoms with van der Waals surface area (Å²) in [5, 5.41) is 2.96. The van der Waals surface area contributed by atoms with Gasteiger partial charge in [-0.2, -0.15) is 0 Å². The fourth-order valence-corrected chi connectivity index (χ4v) is 2.29. The second kappa shape index (κ2) is 7.32. The largest absolute Gasteiger partial charge is 0.481 e. The fourth-order valence-electron chi connectivity index (χ4n) is 2.29. The van der Waals surface area contributed by atoms with Crippen molar-refractivity contribution >= 4 is 5.91 Å². The number of amides is 1. The Morgan fingerprint density at radius 2 is 1.57 bits per heavy atom. The predicted octanol–water partition coefficient (Wildman–Crippen LogP) is 4.43. The molecule has 0 spiro atoms. The summed E-state index contributed by atoms with van der Waals surface area (Å²) >= 11 is 0. The Morgan fingerprint density at radius 1 is 1.00 bits per heavy atom. The molecule has 2 aromatic carbocycles. The summed E-state index contributed by atoms with van der Waals surface area (Å²) in [7, 11) is 0. The van der Waals surface area contributed by atoms with Crippen LogP contribution in [0.15, 0.2) is 54.6 Å². The van der Waals surface area contributed by atoms with Crippen molar-refractivity contribution in [2.45, 2.75) is 45.8 Å². The molecule has 1 amide bonds. The van der Waals surface area contributed by atoms with Crippen LogP contribution in [0.5, 0.6) is 5.75 Å². The van der Waals surface area contributed by atoms with Crippen LogP contribution in [0.4, 0.5) is 0 Å². The molecule has 2 rings (SSSR count). The van der Waals surface area contributed by atoms with Crippen molar-refractivity contribution in [2.24, 2.45) is 0 Å². The molecule has 1 atom stereocenters. The maximum atomic E-state index is 12.2. The first kappa shape index (κ1) is 17.1. The summed E-state index contributed by atoms with van der Waals surface area (Å²) in [5.41, 5.74) is 2.03. The third-order valence-electron chi connectivity index (χ3n) is 3.40. The highest BCUT2D eigenvalue weighted by Crippen LogP contribution is 2.23.